The molecule has 0 spiro atoms. The largest absolute Gasteiger partial charge is 0.341 e. The van der Waals surface area contributed by atoms with Crippen LogP contribution in [0.15, 0.2) is 24.3 Å². The van der Waals surface area contributed by atoms with E-state index in [2.05, 4.69) is 28.2 Å². The lowest BCUT2D eigenvalue weighted by Gasteiger charge is -2.01. The molecule has 23 heavy (non-hydrogen) atoms. The van der Waals surface area contributed by atoms with Crippen molar-refractivity contribution in [3.05, 3.63) is 41.2 Å². The molecule has 1 heterocycles. The molecule has 114 valence electrons. The Balaban J connectivity index is 2.29. The number of nitrogens with zero attached hydrogens (tertiary/aromatic N) is 4. The van der Waals surface area contributed by atoms with Crippen molar-refractivity contribution in [1.82, 2.24) is 9.97 Å². The number of nitriles is 3. The van der Waals surface area contributed by atoms with Crippen LogP contribution in [0.5, 0.6) is 0 Å². The normalized spacial score (nSPS) is 11.2. The maximum Gasteiger partial charge on any atom is 0.137 e. The molecule has 0 saturated carbocycles. The van der Waals surface area contributed by atoms with E-state index >= 15 is 0 Å². The molecule has 0 aliphatic rings. The summed E-state index contributed by atoms with van der Waals surface area (Å²) in [4.78, 5) is 7.79. The average Bonchev–Trinajstić information content (AvgIpc) is 3.02. The number of aromatic nitrogens is 2. The molecule has 0 bridgehead atoms. The SMILES string of the molecule is CC(C#N)c1[nH]c(-c2ccc(CCC#N)cc2)nc1CCC#N. The molecule has 2 rings (SSSR count). The smallest absolute Gasteiger partial charge is 0.137 e. The van der Waals surface area contributed by atoms with Crippen molar-refractivity contribution in [3.8, 4) is 29.6 Å². The Morgan fingerprint density at radius 1 is 1.04 bits per heavy atom. The Labute approximate surface area is 135 Å². The second-order valence-electron chi connectivity index (χ2n) is 5.31. The minimum Gasteiger partial charge on any atom is -0.341 e. The van der Waals surface area contributed by atoms with Crippen molar-refractivity contribution in [1.29, 1.82) is 15.8 Å². The van der Waals surface area contributed by atoms with Crippen molar-refractivity contribution in [2.24, 2.45) is 0 Å². The highest BCUT2D eigenvalue weighted by Crippen LogP contribution is 2.24. The van der Waals surface area contributed by atoms with Crippen molar-refractivity contribution in [2.45, 2.75) is 38.5 Å². The fourth-order valence-corrected chi connectivity index (χ4v) is 2.38. The summed E-state index contributed by atoms with van der Waals surface area (Å²) in [6.45, 7) is 1.82. The number of nitrogens with one attached hydrogen (secondary N) is 1. The number of H-pyrrole nitrogens is 1. The van der Waals surface area contributed by atoms with Crippen LogP contribution in [0.4, 0.5) is 0 Å². The predicted molar refractivity (Wildman–Crippen MR) is 85.9 cm³/mol. The summed E-state index contributed by atoms with van der Waals surface area (Å²) in [5.74, 6) is 0.418. The van der Waals surface area contributed by atoms with Gasteiger partial charge in [0.25, 0.3) is 0 Å². The van der Waals surface area contributed by atoms with Crippen LogP contribution < -0.4 is 0 Å². The predicted octanol–water partition coefficient (Wildman–Crippen LogP) is 3.62. The molecule has 5 nitrogen and oxygen atoms in total. The van der Waals surface area contributed by atoms with Crippen molar-refractivity contribution in [2.75, 3.05) is 0 Å². The molecule has 1 N–H and O–H groups in total. The van der Waals surface area contributed by atoms with Crippen molar-refractivity contribution >= 4 is 0 Å². The van der Waals surface area contributed by atoms with Gasteiger partial charge in [-0.05, 0) is 18.9 Å². The zero-order valence-electron chi connectivity index (χ0n) is 13.0. The zero-order valence-corrected chi connectivity index (χ0v) is 13.0. The summed E-state index contributed by atoms with van der Waals surface area (Å²) >= 11 is 0. The number of benzene rings is 1. The van der Waals surface area contributed by atoms with E-state index in [0.717, 1.165) is 28.9 Å². The van der Waals surface area contributed by atoms with Crippen LogP contribution in [0, 0.1) is 34.0 Å². The van der Waals surface area contributed by atoms with Gasteiger partial charge in [-0.3, -0.25) is 0 Å². The molecule has 0 aliphatic carbocycles. The van der Waals surface area contributed by atoms with Gasteiger partial charge in [0.1, 0.15) is 5.82 Å². The van der Waals surface area contributed by atoms with E-state index in [0.29, 0.717) is 25.1 Å². The summed E-state index contributed by atoms with van der Waals surface area (Å²) in [7, 11) is 0. The molecular weight excluding hydrogens is 286 g/mol. The Morgan fingerprint density at radius 2 is 1.70 bits per heavy atom. The quantitative estimate of drug-likeness (QED) is 0.880. The highest BCUT2D eigenvalue weighted by Gasteiger charge is 2.16. The van der Waals surface area contributed by atoms with Gasteiger partial charge in [-0.15, -0.1) is 0 Å². The Morgan fingerprint density at radius 3 is 2.30 bits per heavy atom. The van der Waals surface area contributed by atoms with Gasteiger partial charge in [0.2, 0.25) is 0 Å². The highest BCUT2D eigenvalue weighted by atomic mass is 14.9. The molecule has 1 unspecified atom stereocenters. The van der Waals surface area contributed by atoms with Crippen LogP contribution in [0.2, 0.25) is 0 Å². The van der Waals surface area contributed by atoms with Crippen molar-refractivity contribution in [3.63, 3.8) is 0 Å². The zero-order chi connectivity index (χ0) is 16.7. The number of hydrogen-bond donors (Lipinski definition) is 1. The van der Waals surface area contributed by atoms with Gasteiger partial charge in [-0.1, -0.05) is 24.3 Å². The number of aromatic amines is 1. The third-order valence-corrected chi connectivity index (χ3v) is 3.66. The monoisotopic (exact) mass is 303 g/mol. The molecule has 2 aromatic rings. The molecule has 0 fully saturated rings. The third-order valence-electron chi connectivity index (χ3n) is 3.66. The van der Waals surface area contributed by atoms with Gasteiger partial charge in [0, 0.05) is 24.8 Å². The first kappa shape index (κ1) is 16.3. The number of rotatable bonds is 6. The summed E-state index contributed by atoms with van der Waals surface area (Å²) in [6, 6.07) is 14.3. The Hall–Kier alpha value is -3.10. The number of aryl methyl sites for hydroxylation is 2. The summed E-state index contributed by atoms with van der Waals surface area (Å²) in [5.41, 5.74) is 3.60. The highest BCUT2D eigenvalue weighted by molar-refractivity contribution is 5.57. The first-order valence-electron chi connectivity index (χ1n) is 7.51. The lowest BCUT2D eigenvalue weighted by molar-refractivity contribution is 0.874. The standard InChI is InChI=1S/C18H17N5/c1-13(12-21)17-16(5-3-11-20)22-18(23-17)15-8-6-14(7-9-15)4-2-10-19/h6-9,13H,2-5H2,1H3,(H,22,23). The Bertz CT molecular complexity index is 781. The summed E-state index contributed by atoms with van der Waals surface area (Å²) in [5, 5.41) is 26.5. The number of hydrogen-bond acceptors (Lipinski definition) is 4. The molecule has 0 amide bonds. The van der Waals surface area contributed by atoms with Crippen LogP contribution in [-0.2, 0) is 12.8 Å². The summed E-state index contributed by atoms with van der Waals surface area (Å²) < 4.78 is 0. The van der Waals surface area contributed by atoms with E-state index in [1.54, 1.807) is 0 Å². The molecule has 1 atom stereocenters. The maximum absolute atomic E-state index is 9.15. The van der Waals surface area contributed by atoms with Gasteiger partial charge in [-0.25, -0.2) is 4.98 Å². The number of imidazole rings is 1. The van der Waals surface area contributed by atoms with Crippen LogP contribution in [0.25, 0.3) is 11.4 Å². The van der Waals surface area contributed by atoms with Crippen molar-refractivity contribution < 1.29 is 0 Å². The fraction of sp³-hybridized carbons (Fsp3) is 0.333. The molecular formula is C18H17N5. The van der Waals surface area contributed by atoms with Gasteiger partial charge in [0.15, 0.2) is 0 Å². The molecule has 1 aromatic heterocycles. The molecule has 0 radical (unpaired) electrons. The molecule has 1 aromatic carbocycles. The minimum atomic E-state index is -0.292. The van der Waals surface area contributed by atoms with Gasteiger partial charge >= 0.3 is 0 Å². The van der Waals surface area contributed by atoms with E-state index in [1.807, 2.05) is 31.2 Å². The second-order valence-corrected chi connectivity index (χ2v) is 5.31. The maximum atomic E-state index is 9.15. The van der Waals surface area contributed by atoms with Gasteiger partial charge in [0.05, 0.1) is 35.5 Å². The van der Waals surface area contributed by atoms with E-state index < -0.39 is 0 Å². The third kappa shape index (κ3) is 3.96. The first-order valence-corrected chi connectivity index (χ1v) is 7.51. The van der Waals surface area contributed by atoms with Gasteiger partial charge in [-0.2, -0.15) is 15.8 Å². The lowest BCUT2D eigenvalue weighted by atomic mass is 10.1. The van der Waals surface area contributed by atoms with Crippen LogP contribution in [0.3, 0.4) is 0 Å². The van der Waals surface area contributed by atoms with E-state index in [-0.39, 0.29) is 5.92 Å². The minimum absolute atomic E-state index is 0.292. The fourth-order valence-electron chi connectivity index (χ4n) is 2.38. The Kier molecular flexibility index (Phi) is 5.50. The molecule has 5 heteroatoms. The molecule has 0 aliphatic heterocycles. The van der Waals surface area contributed by atoms with Crippen LogP contribution >= 0.6 is 0 Å². The average molecular weight is 303 g/mol. The van der Waals surface area contributed by atoms with E-state index in [1.165, 1.54) is 0 Å². The lowest BCUT2D eigenvalue weighted by Crippen LogP contribution is -1.96. The summed E-state index contributed by atoms with van der Waals surface area (Å²) in [6.07, 6.45) is 2.15. The van der Waals surface area contributed by atoms with Crippen LogP contribution in [-0.4, -0.2) is 9.97 Å². The van der Waals surface area contributed by atoms with Gasteiger partial charge < -0.3 is 4.98 Å². The van der Waals surface area contributed by atoms with Crippen LogP contribution in [0.1, 0.15) is 42.6 Å². The first-order chi connectivity index (χ1) is 11.2. The topological polar surface area (TPSA) is 100 Å². The van der Waals surface area contributed by atoms with E-state index in [4.69, 9.17) is 15.8 Å². The molecule has 0 saturated heterocycles. The van der Waals surface area contributed by atoms with E-state index in [9.17, 15) is 0 Å². The second kappa shape index (κ2) is 7.78.